The van der Waals surface area contributed by atoms with Crippen LogP contribution in [0.2, 0.25) is 0 Å². The molecule has 2 amide bonds. The third-order valence-electron chi connectivity index (χ3n) is 7.01. The number of nitrogens with zero attached hydrogens (tertiary/aromatic N) is 2. The predicted molar refractivity (Wildman–Crippen MR) is 113 cm³/mol. The number of likely N-dealkylation sites (tertiary alicyclic amines) is 1. The maximum Gasteiger partial charge on any atom is 0.242 e. The van der Waals surface area contributed by atoms with Gasteiger partial charge in [-0.25, -0.2) is 0 Å². The molecule has 29 heavy (non-hydrogen) atoms. The number of hydrogen-bond acceptors (Lipinski definition) is 4. The fourth-order valence-electron chi connectivity index (χ4n) is 5.28. The predicted octanol–water partition coefficient (Wildman–Crippen LogP) is 1.40. The van der Waals surface area contributed by atoms with Crippen LogP contribution in [0.1, 0.15) is 37.3 Å². The number of carbonyl (C=O) groups excluding carboxylic acids is 2. The fourth-order valence-corrected chi connectivity index (χ4v) is 5.28. The van der Waals surface area contributed by atoms with Gasteiger partial charge in [0, 0.05) is 26.6 Å². The van der Waals surface area contributed by atoms with E-state index in [1.807, 2.05) is 4.90 Å². The Labute approximate surface area is 174 Å². The van der Waals surface area contributed by atoms with Gasteiger partial charge in [-0.3, -0.25) is 9.59 Å². The van der Waals surface area contributed by atoms with Crippen molar-refractivity contribution in [2.24, 2.45) is 11.3 Å². The lowest BCUT2D eigenvalue weighted by Gasteiger charge is -2.44. The molecule has 2 fully saturated rings. The molecule has 0 aromatic heterocycles. The van der Waals surface area contributed by atoms with Crippen LogP contribution in [-0.2, 0) is 22.6 Å². The van der Waals surface area contributed by atoms with Crippen molar-refractivity contribution in [3.63, 3.8) is 0 Å². The molecular formula is C23H34N4O2. The van der Waals surface area contributed by atoms with Crippen LogP contribution in [0.25, 0.3) is 0 Å². The third kappa shape index (κ3) is 4.98. The lowest BCUT2D eigenvalue weighted by molar-refractivity contribution is -0.134. The van der Waals surface area contributed by atoms with Crippen molar-refractivity contribution in [2.45, 2.75) is 39.2 Å². The van der Waals surface area contributed by atoms with Gasteiger partial charge in [0.2, 0.25) is 11.8 Å². The van der Waals surface area contributed by atoms with E-state index in [-0.39, 0.29) is 23.8 Å². The summed E-state index contributed by atoms with van der Waals surface area (Å²) in [5, 5.41) is 6.16. The first-order valence-corrected chi connectivity index (χ1v) is 11.1. The molecule has 0 aliphatic carbocycles. The highest BCUT2D eigenvalue weighted by atomic mass is 16.2. The Morgan fingerprint density at radius 3 is 2.66 bits per heavy atom. The molecular weight excluding hydrogens is 364 g/mol. The van der Waals surface area contributed by atoms with E-state index in [2.05, 4.69) is 39.8 Å². The van der Waals surface area contributed by atoms with Gasteiger partial charge in [0.1, 0.15) is 0 Å². The van der Waals surface area contributed by atoms with Crippen LogP contribution >= 0.6 is 0 Å². The highest BCUT2D eigenvalue weighted by Gasteiger charge is 2.40. The minimum Gasteiger partial charge on any atom is -0.347 e. The molecule has 2 saturated heterocycles. The monoisotopic (exact) mass is 398 g/mol. The Morgan fingerprint density at radius 1 is 1.21 bits per heavy atom. The highest BCUT2D eigenvalue weighted by Crippen LogP contribution is 2.39. The van der Waals surface area contributed by atoms with Crippen LogP contribution in [0.15, 0.2) is 24.3 Å². The smallest absolute Gasteiger partial charge is 0.242 e. The molecule has 3 aliphatic rings. The van der Waals surface area contributed by atoms with Crippen molar-refractivity contribution in [2.75, 3.05) is 45.8 Å². The van der Waals surface area contributed by atoms with E-state index in [1.54, 1.807) is 0 Å². The zero-order valence-corrected chi connectivity index (χ0v) is 17.6. The van der Waals surface area contributed by atoms with E-state index >= 15 is 0 Å². The van der Waals surface area contributed by atoms with Gasteiger partial charge >= 0.3 is 0 Å². The van der Waals surface area contributed by atoms with Gasteiger partial charge in [-0.05, 0) is 74.3 Å². The van der Waals surface area contributed by atoms with Crippen LogP contribution in [0.4, 0.5) is 0 Å². The second-order valence-corrected chi connectivity index (χ2v) is 9.26. The van der Waals surface area contributed by atoms with Crippen molar-refractivity contribution in [1.29, 1.82) is 0 Å². The van der Waals surface area contributed by atoms with Crippen molar-refractivity contribution in [3.05, 3.63) is 35.4 Å². The zero-order valence-electron chi connectivity index (χ0n) is 17.6. The van der Waals surface area contributed by atoms with Crippen LogP contribution < -0.4 is 10.6 Å². The van der Waals surface area contributed by atoms with Gasteiger partial charge in [-0.2, -0.15) is 0 Å². The summed E-state index contributed by atoms with van der Waals surface area (Å²) in [5.41, 5.74) is 2.78. The number of nitrogens with one attached hydrogen (secondary N) is 2. The fraction of sp³-hybridized carbons (Fsp3) is 0.652. The summed E-state index contributed by atoms with van der Waals surface area (Å²) in [7, 11) is 0. The van der Waals surface area contributed by atoms with Crippen LogP contribution in [0.3, 0.4) is 0 Å². The van der Waals surface area contributed by atoms with Crippen LogP contribution in [0.5, 0.6) is 0 Å². The summed E-state index contributed by atoms with van der Waals surface area (Å²) in [6.07, 6.45) is 4.60. The van der Waals surface area contributed by atoms with Crippen molar-refractivity contribution < 1.29 is 9.59 Å². The van der Waals surface area contributed by atoms with Gasteiger partial charge in [-0.1, -0.05) is 24.3 Å². The summed E-state index contributed by atoms with van der Waals surface area (Å²) in [6, 6.07) is 8.56. The number of carbonyl (C=O) groups is 2. The molecule has 0 saturated carbocycles. The summed E-state index contributed by atoms with van der Waals surface area (Å²) in [4.78, 5) is 28.8. The molecule has 0 radical (unpaired) electrons. The summed E-state index contributed by atoms with van der Waals surface area (Å²) >= 11 is 0. The van der Waals surface area contributed by atoms with E-state index < -0.39 is 0 Å². The zero-order chi connectivity index (χ0) is 20.3. The molecule has 1 unspecified atom stereocenters. The molecule has 3 heterocycles. The Hall–Kier alpha value is -1.92. The topological polar surface area (TPSA) is 64.7 Å². The Bertz CT molecular complexity index is 736. The van der Waals surface area contributed by atoms with Crippen LogP contribution in [-0.4, -0.2) is 67.4 Å². The molecule has 6 nitrogen and oxygen atoms in total. The number of fused-ring (bicyclic) bond motifs is 1. The lowest BCUT2D eigenvalue weighted by Crippen LogP contribution is -2.49. The van der Waals surface area contributed by atoms with Crippen LogP contribution in [0, 0.1) is 11.3 Å². The average molecular weight is 399 g/mol. The van der Waals surface area contributed by atoms with E-state index in [1.165, 1.54) is 31.0 Å². The number of piperidine rings is 1. The second-order valence-electron chi connectivity index (χ2n) is 9.26. The molecule has 158 valence electrons. The quantitative estimate of drug-likeness (QED) is 0.805. The van der Waals surface area contributed by atoms with Gasteiger partial charge in [0.15, 0.2) is 0 Å². The molecule has 1 atom stereocenters. The Kier molecular flexibility index (Phi) is 6.20. The Morgan fingerprint density at radius 2 is 1.97 bits per heavy atom. The van der Waals surface area contributed by atoms with E-state index in [0.29, 0.717) is 6.54 Å². The highest BCUT2D eigenvalue weighted by molar-refractivity contribution is 5.83. The standard InChI is InChI=1S/C23H34N4O2/c1-18(28)25-14-22(29)27-16-21-5-3-2-4-20(21)12-23(17-27)7-10-26(11-8-23)15-19-6-9-24-13-19/h2-5,19,24H,6-17H2,1H3,(H,25,28). The minimum absolute atomic E-state index is 0.0238. The average Bonchev–Trinajstić information content (AvgIpc) is 3.16. The largest absolute Gasteiger partial charge is 0.347 e. The van der Waals surface area contributed by atoms with Crippen molar-refractivity contribution in [1.82, 2.24) is 20.4 Å². The number of rotatable bonds is 4. The number of hydrogen-bond donors (Lipinski definition) is 2. The molecule has 1 aromatic carbocycles. The van der Waals surface area contributed by atoms with Crippen molar-refractivity contribution in [3.8, 4) is 0 Å². The van der Waals surface area contributed by atoms with Crippen molar-refractivity contribution >= 4 is 11.8 Å². The molecule has 2 N–H and O–H groups in total. The summed E-state index contributed by atoms with van der Waals surface area (Å²) in [6.45, 7) is 8.73. The normalized spacial score (nSPS) is 24.2. The maximum absolute atomic E-state index is 12.9. The first kappa shape index (κ1) is 20.4. The van der Waals surface area contributed by atoms with E-state index in [9.17, 15) is 9.59 Å². The van der Waals surface area contributed by atoms with E-state index in [4.69, 9.17) is 0 Å². The molecule has 4 rings (SSSR count). The summed E-state index contributed by atoms with van der Waals surface area (Å²) in [5.74, 6) is 0.656. The second kappa shape index (κ2) is 8.84. The molecule has 6 heteroatoms. The van der Waals surface area contributed by atoms with Gasteiger partial charge < -0.3 is 20.4 Å². The molecule has 3 aliphatic heterocycles. The number of benzene rings is 1. The SMILES string of the molecule is CC(=O)NCC(=O)N1Cc2ccccc2CC2(CCN(CC3CCNC3)CC2)C1. The third-order valence-corrected chi connectivity index (χ3v) is 7.01. The Balaban J connectivity index is 1.47. The maximum atomic E-state index is 12.9. The van der Waals surface area contributed by atoms with Gasteiger partial charge in [0.25, 0.3) is 0 Å². The number of amides is 2. The van der Waals surface area contributed by atoms with Gasteiger partial charge in [-0.15, -0.1) is 0 Å². The van der Waals surface area contributed by atoms with Gasteiger partial charge in [0.05, 0.1) is 6.54 Å². The summed E-state index contributed by atoms with van der Waals surface area (Å²) < 4.78 is 0. The molecule has 1 aromatic rings. The molecule has 0 bridgehead atoms. The first-order valence-electron chi connectivity index (χ1n) is 11.1. The lowest BCUT2D eigenvalue weighted by atomic mass is 9.73. The molecule has 1 spiro atoms. The minimum atomic E-state index is -0.155. The van der Waals surface area contributed by atoms with E-state index in [0.717, 1.165) is 57.9 Å². The first-order chi connectivity index (χ1) is 14.0.